The molecule has 4 saturated carbocycles. The third-order valence-electron chi connectivity index (χ3n) is 10.5. The van der Waals surface area contributed by atoms with Crippen LogP contribution in [0, 0.1) is 52.3 Å². The summed E-state index contributed by atoms with van der Waals surface area (Å²) in [6.07, 6.45) is 11.1. The Labute approximate surface area is 172 Å². The van der Waals surface area contributed by atoms with Gasteiger partial charge < -0.3 is 0 Å². The SMILES string of the molecule is CCC[C@@H](C)[C@H]1CCC2C3C(=O)[C@H](CC)C4CC(=O)CC[C@]4(C)C3CC[C@@]21C. The Morgan fingerprint density at radius 3 is 2.36 bits per heavy atom. The molecule has 4 rings (SSSR count). The number of hydrogen-bond acceptors (Lipinski definition) is 2. The van der Waals surface area contributed by atoms with Crippen molar-refractivity contribution in [2.45, 2.75) is 98.8 Å². The molecule has 0 aromatic carbocycles. The molecule has 2 nitrogen and oxygen atoms in total. The van der Waals surface area contributed by atoms with E-state index in [0.29, 0.717) is 41.2 Å². The molecular formula is C26H42O2. The van der Waals surface area contributed by atoms with E-state index in [4.69, 9.17) is 0 Å². The molecule has 0 aliphatic heterocycles. The van der Waals surface area contributed by atoms with Gasteiger partial charge in [-0.3, -0.25) is 9.59 Å². The van der Waals surface area contributed by atoms with Crippen LogP contribution < -0.4 is 0 Å². The first kappa shape index (κ1) is 20.6. The second-order valence-corrected chi connectivity index (χ2v) is 11.5. The lowest BCUT2D eigenvalue weighted by molar-refractivity contribution is -0.169. The van der Waals surface area contributed by atoms with Crippen molar-refractivity contribution in [1.82, 2.24) is 0 Å². The van der Waals surface area contributed by atoms with Crippen molar-refractivity contribution in [1.29, 1.82) is 0 Å². The summed E-state index contributed by atoms with van der Waals surface area (Å²) in [6, 6.07) is 0. The van der Waals surface area contributed by atoms with E-state index in [0.717, 1.165) is 31.1 Å². The van der Waals surface area contributed by atoms with Crippen LogP contribution in [-0.4, -0.2) is 11.6 Å². The normalized spacial score (nSPS) is 49.3. The number of hydrogen-bond donors (Lipinski definition) is 0. The van der Waals surface area contributed by atoms with E-state index in [1.54, 1.807) is 0 Å². The quantitative estimate of drug-likeness (QED) is 0.555. The summed E-state index contributed by atoms with van der Waals surface area (Å²) >= 11 is 0. The van der Waals surface area contributed by atoms with E-state index in [9.17, 15) is 9.59 Å². The second kappa shape index (κ2) is 7.24. The molecule has 0 aromatic heterocycles. The number of carbonyl (C=O) groups excluding carboxylic acids is 2. The van der Waals surface area contributed by atoms with Crippen molar-refractivity contribution >= 4 is 11.6 Å². The van der Waals surface area contributed by atoms with Crippen LogP contribution in [0.15, 0.2) is 0 Å². The maximum absolute atomic E-state index is 13.9. The molecular weight excluding hydrogens is 344 g/mol. The van der Waals surface area contributed by atoms with Crippen LogP contribution in [0.3, 0.4) is 0 Å². The van der Waals surface area contributed by atoms with Gasteiger partial charge in [-0.25, -0.2) is 0 Å². The predicted molar refractivity (Wildman–Crippen MR) is 114 cm³/mol. The van der Waals surface area contributed by atoms with E-state index >= 15 is 0 Å². The molecule has 4 aliphatic carbocycles. The van der Waals surface area contributed by atoms with Gasteiger partial charge in [-0.15, -0.1) is 0 Å². The van der Waals surface area contributed by atoms with E-state index in [1.165, 1.54) is 38.5 Å². The molecule has 0 heterocycles. The fourth-order valence-corrected chi connectivity index (χ4v) is 9.08. The lowest BCUT2D eigenvalue weighted by Gasteiger charge is -2.61. The van der Waals surface area contributed by atoms with E-state index in [1.807, 2.05) is 0 Å². The summed E-state index contributed by atoms with van der Waals surface area (Å²) in [7, 11) is 0. The van der Waals surface area contributed by atoms with Gasteiger partial charge in [-0.1, -0.05) is 47.5 Å². The Kier molecular flexibility index (Phi) is 5.33. The Bertz CT molecular complexity index is 638. The van der Waals surface area contributed by atoms with Crippen molar-refractivity contribution in [2.24, 2.45) is 52.3 Å². The molecule has 158 valence electrons. The highest BCUT2D eigenvalue weighted by Gasteiger charge is 2.65. The summed E-state index contributed by atoms with van der Waals surface area (Å²) in [5, 5.41) is 0. The lowest BCUT2D eigenvalue weighted by atomic mass is 9.42. The van der Waals surface area contributed by atoms with Crippen molar-refractivity contribution in [3.63, 3.8) is 0 Å². The van der Waals surface area contributed by atoms with Gasteiger partial charge in [0.2, 0.25) is 0 Å². The third kappa shape index (κ3) is 2.79. The molecule has 0 radical (unpaired) electrons. The molecule has 28 heavy (non-hydrogen) atoms. The largest absolute Gasteiger partial charge is 0.300 e. The van der Waals surface area contributed by atoms with E-state index in [2.05, 4.69) is 34.6 Å². The maximum Gasteiger partial charge on any atom is 0.139 e. The molecule has 0 saturated heterocycles. The van der Waals surface area contributed by atoms with Gasteiger partial charge in [0.05, 0.1) is 0 Å². The zero-order valence-corrected chi connectivity index (χ0v) is 18.9. The average molecular weight is 387 g/mol. The zero-order chi connectivity index (χ0) is 20.3. The molecule has 0 aromatic rings. The minimum absolute atomic E-state index is 0.130. The van der Waals surface area contributed by atoms with Gasteiger partial charge in [-0.2, -0.15) is 0 Å². The van der Waals surface area contributed by atoms with Crippen LogP contribution in [0.2, 0.25) is 0 Å². The summed E-state index contributed by atoms with van der Waals surface area (Å²) in [6.45, 7) is 12.0. The van der Waals surface area contributed by atoms with Gasteiger partial charge in [0.25, 0.3) is 0 Å². The van der Waals surface area contributed by atoms with Crippen molar-refractivity contribution in [2.75, 3.05) is 0 Å². The number of Topliss-reactive ketones (excluding diaryl/α,β-unsaturated/α-hetero) is 2. The predicted octanol–water partition coefficient (Wildman–Crippen LogP) is 6.47. The Balaban J connectivity index is 1.69. The van der Waals surface area contributed by atoms with Crippen LogP contribution in [0.25, 0.3) is 0 Å². The van der Waals surface area contributed by atoms with Crippen molar-refractivity contribution in [3.05, 3.63) is 0 Å². The minimum atomic E-state index is 0.130. The monoisotopic (exact) mass is 386 g/mol. The lowest BCUT2D eigenvalue weighted by Crippen LogP contribution is -2.60. The van der Waals surface area contributed by atoms with E-state index in [-0.39, 0.29) is 17.3 Å². The minimum Gasteiger partial charge on any atom is -0.300 e. The average Bonchev–Trinajstić information content (AvgIpc) is 3.01. The molecule has 4 aliphatic rings. The topological polar surface area (TPSA) is 34.1 Å². The summed E-state index contributed by atoms with van der Waals surface area (Å²) < 4.78 is 0. The molecule has 4 unspecified atom stereocenters. The molecule has 0 amide bonds. The highest BCUT2D eigenvalue weighted by Crippen LogP contribution is 2.68. The third-order valence-corrected chi connectivity index (χ3v) is 10.5. The summed E-state index contributed by atoms with van der Waals surface area (Å²) in [4.78, 5) is 26.2. The van der Waals surface area contributed by atoms with Gasteiger partial charge in [-0.05, 0) is 78.9 Å². The first-order valence-electron chi connectivity index (χ1n) is 12.3. The molecule has 0 bridgehead atoms. The van der Waals surface area contributed by atoms with Crippen LogP contribution >= 0.6 is 0 Å². The highest BCUT2D eigenvalue weighted by molar-refractivity contribution is 5.88. The highest BCUT2D eigenvalue weighted by atomic mass is 16.1. The number of rotatable bonds is 4. The molecule has 9 atom stereocenters. The Hall–Kier alpha value is -0.660. The van der Waals surface area contributed by atoms with Gasteiger partial charge in [0.1, 0.15) is 11.6 Å². The van der Waals surface area contributed by atoms with Crippen molar-refractivity contribution in [3.8, 4) is 0 Å². The van der Waals surface area contributed by atoms with Gasteiger partial charge in [0, 0.05) is 24.7 Å². The number of fused-ring (bicyclic) bond motifs is 5. The summed E-state index contributed by atoms with van der Waals surface area (Å²) in [5.41, 5.74) is 0.568. The smallest absolute Gasteiger partial charge is 0.139 e. The maximum atomic E-state index is 13.9. The van der Waals surface area contributed by atoms with Crippen LogP contribution in [-0.2, 0) is 9.59 Å². The first-order valence-corrected chi connectivity index (χ1v) is 12.3. The molecule has 4 fully saturated rings. The molecule has 0 N–H and O–H groups in total. The van der Waals surface area contributed by atoms with Gasteiger partial charge >= 0.3 is 0 Å². The van der Waals surface area contributed by atoms with Crippen LogP contribution in [0.1, 0.15) is 98.8 Å². The van der Waals surface area contributed by atoms with E-state index < -0.39 is 0 Å². The summed E-state index contributed by atoms with van der Waals surface area (Å²) in [5.74, 6) is 4.38. The zero-order valence-electron chi connectivity index (χ0n) is 18.9. The molecule has 2 heteroatoms. The number of ketones is 2. The van der Waals surface area contributed by atoms with Crippen molar-refractivity contribution < 1.29 is 9.59 Å². The fourth-order valence-electron chi connectivity index (χ4n) is 9.08. The first-order chi connectivity index (χ1) is 13.3. The van der Waals surface area contributed by atoms with Crippen LogP contribution in [0.4, 0.5) is 0 Å². The van der Waals surface area contributed by atoms with Gasteiger partial charge in [0.15, 0.2) is 0 Å². The standard InChI is InChI=1S/C26H42O2/c1-6-8-16(3)19-9-10-20-23-21(12-14-25(19,20)4)26(5)13-11-17(27)15-22(26)18(7-2)24(23)28/h16,18-23H,6-15H2,1-5H3/t16-,18-,19-,20?,21?,22?,23?,25-,26-/m1/s1. The van der Waals surface area contributed by atoms with Crippen LogP contribution in [0.5, 0.6) is 0 Å². The number of carbonyl (C=O) groups is 2. The fraction of sp³-hybridized carbons (Fsp3) is 0.923. The molecule has 0 spiro atoms. The second-order valence-electron chi connectivity index (χ2n) is 11.5. The Morgan fingerprint density at radius 2 is 1.68 bits per heavy atom. The Morgan fingerprint density at radius 1 is 0.964 bits per heavy atom.